The molecule has 0 radical (unpaired) electrons. The SMILES string of the molecule is CSOOCCCSOO[O-].[Na+]. The Morgan fingerprint density at radius 3 is 2.67 bits per heavy atom. The summed E-state index contributed by atoms with van der Waals surface area (Å²) in [4.78, 5) is 4.64. The summed E-state index contributed by atoms with van der Waals surface area (Å²) in [7, 11) is 0. The molecule has 0 aromatic carbocycles. The van der Waals surface area contributed by atoms with Crippen LogP contribution in [0, 0.1) is 0 Å². The molecular weight excluding hydrogens is 215 g/mol. The Morgan fingerprint density at radius 1 is 1.33 bits per heavy atom. The zero-order chi connectivity index (χ0) is 8.36. The fourth-order valence-corrected chi connectivity index (χ4v) is 0.820. The van der Waals surface area contributed by atoms with Crippen LogP contribution in [0.1, 0.15) is 6.42 Å². The van der Waals surface area contributed by atoms with Crippen molar-refractivity contribution in [2.45, 2.75) is 6.42 Å². The van der Waals surface area contributed by atoms with E-state index in [4.69, 9.17) is 0 Å². The molecule has 0 aliphatic rings. The van der Waals surface area contributed by atoms with Gasteiger partial charge in [0.2, 0.25) is 0 Å². The van der Waals surface area contributed by atoms with E-state index >= 15 is 0 Å². The van der Waals surface area contributed by atoms with Crippen LogP contribution in [0.15, 0.2) is 0 Å². The van der Waals surface area contributed by atoms with Crippen molar-refractivity contribution < 1.29 is 53.4 Å². The first-order valence-electron chi connectivity index (χ1n) is 2.82. The van der Waals surface area contributed by atoms with Gasteiger partial charge < -0.3 is 5.26 Å². The van der Waals surface area contributed by atoms with Crippen LogP contribution in [-0.4, -0.2) is 18.6 Å². The summed E-state index contributed by atoms with van der Waals surface area (Å²) in [5.41, 5.74) is 0. The maximum absolute atomic E-state index is 9.26. The Hall–Kier alpha value is 1.50. The summed E-state index contributed by atoms with van der Waals surface area (Å²) in [6.07, 6.45) is 2.48. The first-order chi connectivity index (χ1) is 5.41. The molecule has 0 aromatic heterocycles. The van der Waals surface area contributed by atoms with Crippen molar-refractivity contribution >= 4 is 24.1 Å². The summed E-state index contributed by atoms with van der Waals surface area (Å²) in [5, 5.41) is 12.4. The standard InChI is InChI=1S/C4H10O5S2.Na/c1-10-8-6-3-2-4-11-9-7-5;/h5H,2-4H2,1H3;/q;+1/p-1. The number of rotatable bonds is 8. The minimum atomic E-state index is 0. The molecule has 0 aliphatic carbocycles. The smallest absolute Gasteiger partial charge is 0.691 e. The summed E-state index contributed by atoms with van der Waals surface area (Å²) in [6, 6.07) is 0. The molecule has 0 aliphatic heterocycles. The fourth-order valence-electron chi connectivity index (χ4n) is 0.313. The normalized spacial score (nSPS) is 9.50. The molecule has 8 heteroatoms. The van der Waals surface area contributed by atoms with E-state index < -0.39 is 0 Å². The van der Waals surface area contributed by atoms with Gasteiger partial charge in [-0.05, 0) is 6.42 Å². The molecule has 0 rings (SSSR count). The van der Waals surface area contributed by atoms with Crippen LogP contribution >= 0.6 is 24.1 Å². The summed E-state index contributed by atoms with van der Waals surface area (Å²) in [6.45, 7) is 0.468. The van der Waals surface area contributed by atoms with Crippen molar-refractivity contribution in [2.24, 2.45) is 0 Å². The number of hydrogen-bond donors (Lipinski definition) is 0. The van der Waals surface area contributed by atoms with Gasteiger partial charge in [0.15, 0.2) is 0 Å². The van der Waals surface area contributed by atoms with E-state index in [2.05, 4.69) is 18.6 Å². The second-order valence-corrected chi connectivity index (χ2v) is 2.62. The molecule has 0 saturated carbocycles. The second-order valence-electron chi connectivity index (χ2n) is 1.37. The van der Waals surface area contributed by atoms with Crippen molar-refractivity contribution in [3.8, 4) is 0 Å². The van der Waals surface area contributed by atoms with E-state index in [-0.39, 0.29) is 29.6 Å². The fraction of sp³-hybridized carbons (Fsp3) is 1.00. The molecule has 12 heavy (non-hydrogen) atoms. The van der Waals surface area contributed by atoms with Crippen LogP contribution < -0.4 is 34.8 Å². The van der Waals surface area contributed by atoms with Crippen molar-refractivity contribution in [3.05, 3.63) is 0 Å². The summed E-state index contributed by atoms with van der Waals surface area (Å²) < 4.78 is 8.51. The van der Waals surface area contributed by atoms with Gasteiger partial charge in [0, 0.05) is 36.1 Å². The monoisotopic (exact) mass is 224 g/mol. The van der Waals surface area contributed by atoms with Gasteiger partial charge in [0.05, 0.1) is 6.61 Å². The molecule has 0 unspecified atom stereocenters. The average Bonchev–Trinajstić information content (AvgIpc) is 2.03. The zero-order valence-corrected chi connectivity index (χ0v) is 10.6. The van der Waals surface area contributed by atoms with Crippen molar-refractivity contribution in [3.63, 3.8) is 0 Å². The van der Waals surface area contributed by atoms with E-state index in [9.17, 15) is 5.26 Å². The molecular formula is C4H9NaO5S2. The topological polar surface area (TPSA) is 60.0 Å². The largest absolute Gasteiger partial charge is 1.00 e. The van der Waals surface area contributed by atoms with Gasteiger partial charge in [-0.25, -0.2) is 4.89 Å². The van der Waals surface area contributed by atoms with E-state index in [1.165, 1.54) is 0 Å². The van der Waals surface area contributed by atoms with E-state index in [1.807, 2.05) is 0 Å². The summed E-state index contributed by atoms with van der Waals surface area (Å²) in [5.74, 6) is 0.625. The van der Waals surface area contributed by atoms with Crippen LogP contribution in [0.4, 0.5) is 0 Å². The van der Waals surface area contributed by atoms with Gasteiger partial charge in [-0.15, -0.1) is 0 Å². The molecule has 0 spiro atoms. The third kappa shape index (κ3) is 14.0. The van der Waals surface area contributed by atoms with Crippen LogP contribution in [0.5, 0.6) is 0 Å². The van der Waals surface area contributed by atoms with Gasteiger partial charge in [-0.3, -0.25) is 5.04 Å². The molecule has 0 N–H and O–H groups in total. The van der Waals surface area contributed by atoms with Gasteiger partial charge in [0.25, 0.3) is 0 Å². The molecule has 0 amide bonds. The predicted molar refractivity (Wildman–Crippen MR) is 39.8 cm³/mol. The van der Waals surface area contributed by atoms with Crippen molar-refractivity contribution in [1.82, 2.24) is 0 Å². The maximum atomic E-state index is 9.26. The third-order valence-corrected chi connectivity index (χ3v) is 1.49. The minimum absolute atomic E-state index is 0. The zero-order valence-electron chi connectivity index (χ0n) is 6.98. The van der Waals surface area contributed by atoms with Gasteiger partial charge >= 0.3 is 29.6 Å². The Bertz CT molecular complexity index is 70.5. The van der Waals surface area contributed by atoms with Crippen LogP contribution in [0.3, 0.4) is 0 Å². The molecule has 5 nitrogen and oxygen atoms in total. The van der Waals surface area contributed by atoms with Crippen LogP contribution in [0.25, 0.3) is 0 Å². The summed E-state index contributed by atoms with van der Waals surface area (Å²) >= 11 is 2.07. The Morgan fingerprint density at radius 2 is 2.08 bits per heavy atom. The van der Waals surface area contributed by atoms with Crippen molar-refractivity contribution in [1.29, 1.82) is 0 Å². The molecule has 0 heterocycles. The molecule has 68 valence electrons. The van der Waals surface area contributed by atoms with Crippen molar-refractivity contribution in [2.75, 3.05) is 18.6 Å². The first-order valence-corrected chi connectivity index (χ1v) is 4.88. The molecule has 0 fully saturated rings. The van der Waals surface area contributed by atoms with Crippen LogP contribution in [-0.2, 0) is 18.6 Å². The van der Waals surface area contributed by atoms with E-state index in [1.54, 1.807) is 6.26 Å². The van der Waals surface area contributed by atoms with Gasteiger partial charge in [0.1, 0.15) is 0 Å². The Labute approximate surface area is 102 Å². The van der Waals surface area contributed by atoms with E-state index in [0.717, 1.165) is 30.5 Å². The average molecular weight is 224 g/mol. The third-order valence-electron chi connectivity index (χ3n) is 0.647. The van der Waals surface area contributed by atoms with Gasteiger partial charge in [-0.1, -0.05) is 0 Å². The Balaban J connectivity index is 0. The molecule has 0 atom stereocenters. The van der Waals surface area contributed by atoms with Gasteiger partial charge in [-0.2, -0.15) is 8.67 Å². The number of hydrogen-bond acceptors (Lipinski definition) is 7. The maximum Gasteiger partial charge on any atom is 1.00 e. The first kappa shape index (κ1) is 15.9. The Kier molecular flexibility index (Phi) is 19.9. The van der Waals surface area contributed by atoms with Crippen LogP contribution in [0.2, 0.25) is 0 Å². The molecule has 0 bridgehead atoms. The molecule has 0 saturated heterocycles. The van der Waals surface area contributed by atoms with E-state index in [0.29, 0.717) is 12.4 Å². The quantitative estimate of drug-likeness (QED) is 0.148. The minimum Gasteiger partial charge on any atom is -0.691 e. The predicted octanol–water partition coefficient (Wildman–Crippen LogP) is -2.52. The second kappa shape index (κ2) is 15.0. The molecule has 0 aromatic rings.